The van der Waals surface area contributed by atoms with E-state index in [2.05, 4.69) is 32.9 Å². The van der Waals surface area contributed by atoms with E-state index in [9.17, 15) is 8.42 Å². The topological polar surface area (TPSA) is 63.4 Å². The third kappa shape index (κ3) is 3.05. The van der Waals surface area contributed by atoms with Gasteiger partial charge in [-0.1, -0.05) is 45.0 Å². The average Bonchev–Trinajstić information content (AvgIpc) is 2.64. The van der Waals surface area contributed by atoms with Gasteiger partial charge < -0.3 is 5.73 Å². The Kier molecular flexibility index (Phi) is 4.23. The molecule has 0 bridgehead atoms. The summed E-state index contributed by atoms with van der Waals surface area (Å²) in [5.74, 6) is 0. The van der Waals surface area contributed by atoms with Crippen molar-refractivity contribution >= 4 is 10.0 Å². The molecular formula is C15H24N2O2S. The summed E-state index contributed by atoms with van der Waals surface area (Å²) >= 11 is 0. The number of sulfonamides is 1. The average molecular weight is 296 g/mol. The largest absolute Gasteiger partial charge is 0.329 e. The highest BCUT2D eigenvalue weighted by Crippen LogP contribution is 2.25. The highest BCUT2D eigenvalue weighted by molar-refractivity contribution is 7.90. The van der Waals surface area contributed by atoms with E-state index in [4.69, 9.17) is 5.73 Å². The van der Waals surface area contributed by atoms with Gasteiger partial charge in [0, 0.05) is 19.6 Å². The molecule has 1 saturated heterocycles. The summed E-state index contributed by atoms with van der Waals surface area (Å²) in [7, 11) is -3.21. The number of nitrogens with zero attached hydrogens (tertiary/aromatic N) is 1. The molecule has 4 nitrogen and oxygen atoms in total. The van der Waals surface area contributed by atoms with E-state index >= 15 is 0 Å². The van der Waals surface area contributed by atoms with Crippen LogP contribution in [-0.2, 0) is 22.0 Å². The molecule has 1 aromatic carbocycles. The standard InChI is InChI=1S/C15H24N2O2S/c1-15(2,3)13-6-4-12(5-7-13)11-17-9-8-14(10-16)20(17,18)19/h4-7,14H,8-11,16H2,1-3H3. The zero-order valence-corrected chi connectivity index (χ0v) is 13.3. The number of hydrogen-bond donors (Lipinski definition) is 1. The third-order valence-corrected chi connectivity index (χ3v) is 6.23. The van der Waals surface area contributed by atoms with Gasteiger partial charge in [0.15, 0.2) is 0 Å². The van der Waals surface area contributed by atoms with Gasteiger partial charge in [-0.05, 0) is 23.0 Å². The monoisotopic (exact) mass is 296 g/mol. The fourth-order valence-corrected chi connectivity index (χ4v) is 4.25. The van der Waals surface area contributed by atoms with Crippen molar-refractivity contribution in [2.75, 3.05) is 13.1 Å². The lowest BCUT2D eigenvalue weighted by Crippen LogP contribution is -2.32. The number of nitrogens with two attached hydrogens (primary N) is 1. The molecule has 5 heteroatoms. The van der Waals surface area contributed by atoms with Crippen molar-refractivity contribution in [3.8, 4) is 0 Å². The summed E-state index contributed by atoms with van der Waals surface area (Å²) in [5.41, 5.74) is 7.92. The number of rotatable bonds is 3. The lowest BCUT2D eigenvalue weighted by atomic mass is 9.87. The van der Waals surface area contributed by atoms with Crippen molar-refractivity contribution in [1.82, 2.24) is 4.31 Å². The lowest BCUT2D eigenvalue weighted by Gasteiger charge is -2.20. The van der Waals surface area contributed by atoms with Gasteiger partial charge in [0.1, 0.15) is 0 Å². The SMILES string of the molecule is CC(C)(C)c1ccc(CN2CCC(CN)S2(=O)=O)cc1. The third-order valence-electron chi connectivity index (χ3n) is 3.92. The van der Waals surface area contributed by atoms with Crippen molar-refractivity contribution in [2.45, 2.75) is 44.4 Å². The van der Waals surface area contributed by atoms with Crippen molar-refractivity contribution in [1.29, 1.82) is 0 Å². The fourth-order valence-electron chi connectivity index (χ4n) is 2.50. The van der Waals surface area contributed by atoms with Crippen molar-refractivity contribution in [3.63, 3.8) is 0 Å². The van der Waals surface area contributed by atoms with E-state index in [0.29, 0.717) is 19.5 Å². The summed E-state index contributed by atoms with van der Waals surface area (Å²) in [6.07, 6.45) is 0.638. The van der Waals surface area contributed by atoms with Gasteiger partial charge in [0.2, 0.25) is 10.0 Å². The second-order valence-corrected chi connectivity index (χ2v) is 8.68. The highest BCUT2D eigenvalue weighted by Gasteiger charge is 2.37. The van der Waals surface area contributed by atoms with Gasteiger partial charge in [-0.15, -0.1) is 0 Å². The molecule has 0 spiro atoms. The Balaban J connectivity index is 2.12. The first-order valence-corrected chi connectivity index (χ1v) is 8.54. The van der Waals surface area contributed by atoms with E-state index in [1.165, 1.54) is 5.56 Å². The van der Waals surface area contributed by atoms with Crippen LogP contribution in [0, 0.1) is 0 Å². The molecule has 1 unspecified atom stereocenters. The molecule has 0 amide bonds. The Hall–Kier alpha value is -0.910. The Morgan fingerprint density at radius 3 is 2.30 bits per heavy atom. The molecule has 1 aromatic rings. The van der Waals surface area contributed by atoms with E-state index in [0.717, 1.165) is 5.56 Å². The van der Waals surface area contributed by atoms with Crippen LogP contribution >= 0.6 is 0 Å². The molecule has 2 N–H and O–H groups in total. The minimum absolute atomic E-state index is 0.114. The van der Waals surface area contributed by atoms with E-state index in [1.807, 2.05) is 12.1 Å². The van der Waals surface area contributed by atoms with Crippen LogP contribution in [0.2, 0.25) is 0 Å². The van der Waals surface area contributed by atoms with Crippen LogP contribution in [0.1, 0.15) is 38.3 Å². The van der Waals surface area contributed by atoms with E-state index in [1.54, 1.807) is 4.31 Å². The molecule has 112 valence electrons. The summed E-state index contributed by atoms with van der Waals surface area (Å²) in [5, 5.41) is -0.406. The van der Waals surface area contributed by atoms with Gasteiger partial charge in [0.25, 0.3) is 0 Å². The van der Waals surface area contributed by atoms with Crippen LogP contribution in [0.25, 0.3) is 0 Å². The van der Waals surface area contributed by atoms with Crippen molar-refractivity contribution < 1.29 is 8.42 Å². The second-order valence-electron chi connectivity index (χ2n) is 6.47. The number of hydrogen-bond acceptors (Lipinski definition) is 3. The van der Waals surface area contributed by atoms with Gasteiger partial charge in [-0.3, -0.25) is 0 Å². The van der Waals surface area contributed by atoms with Crippen LogP contribution in [-0.4, -0.2) is 31.1 Å². The second kappa shape index (κ2) is 5.47. The molecule has 1 heterocycles. The smallest absolute Gasteiger partial charge is 0.218 e. The first-order chi connectivity index (χ1) is 9.25. The Labute approximate surface area is 122 Å². The first-order valence-electron chi connectivity index (χ1n) is 7.03. The fraction of sp³-hybridized carbons (Fsp3) is 0.600. The molecule has 2 rings (SSSR count). The predicted molar refractivity (Wildman–Crippen MR) is 81.9 cm³/mol. The molecule has 1 aliphatic heterocycles. The van der Waals surface area contributed by atoms with Crippen LogP contribution in [0.5, 0.6) is 0 Å². The molecular weight excluding hydrogens is 272 g/mol. The molecule has 0 radical (unpaired) electrons. The van der Waals surface area contributed by atoms with Crippen LogP contribution < -0.4 is 5.73 Å². The Morgan fingerprint density at radius 2 is 1.85 bits per heavy atom. The van der Waals surface area contributed by atoms with Gasteiger partial charge in [0.05, 0.1) is 5.25 Å². The highest BCUT2D eigenvalue weighted by atomic mass is 32.2. The van der Waals surface area contributed by atoms with Crippen LogP contribution in [0.3, 0.4) is 0 Å². The molecule has 0 saturated carbocycles. The summed E-state index contributed by atoms with van der Waals surface area (Å²) in [6, 6.07) is 8.20. The van der Waals surface area contributed by atoms with E-state index < -0.39 is 15.3 Å². The summed E-state index contributed by atoms with van der Waals surface area (Å²) < 4.78 is 26.0. The molecule has 0 aliphatic carbocycles. The zero-order valence-electron chi connectivity index (χ0n) is 12.5. The predicted octanol–water partition coefficient (Wildman–Crippen LogP) is 1.85. The maximum absolute atomic E-state index is 12.2. The lowest BCUT2D eigenvalue weighted by molar-refractivity contribution is 0.439. The van der Waals surface area contributed by atoms with Gasteiger partial charge >= 0.3 is 0 Å². The minimum Gasteiger partial charge on any atom is -0.329 e. The molecule has 0 aromatic heterocycles. The van der Waals surface area contributed by atoms with Crippen LogP contribution in [0.15, 0.2) is 24.3 Å². The zero-order chi connectivity index (χ0) is 15.0. The summed E-state index contributed by atoms with van der Waals surface area (Å²) in [4.78, 5) is 0. The molecule has 20 heavy (non-hydrogen) atoms. The molecule has 1 atom stereocenters. The number of benzene rings is 1. The molecule has 1 fully saturated rings. The first kappa shape index (κ1) is 15.5. The minimum atomic E-state index is -3.21. The maximum Gasteiger partial charge on any atom is 0.218 e. The van der Waals surface area contributed by atoms with E-state index in [-0.39, 0.29) is 12.0 Å². The maximum atomic E-state index is 12.2. The Bertz CT molecular complexity index is 559. The quantitative estimate of drug-likeness (QED) is 0.926. The van der Waals surface area contributed by atoms with Crippen molar-refractivity contribution in [3.05, 3.63) is 35.4 Å². The van der Waals surface area contributed by atoms with Gasteiger partial charge in [-0.2, -0.15) is 4.31 Å². The van der Waals surface area contributed by atoms with Gasteiger partial charge in [-0.25, -0.2) is 8.42 Å². The normalized spacial score (nSPS) is 23.1. The summed E-state index contributed by atoms with van der Waals surface area (Å²) in [6.45, 7) is 7.73. The van der Waals surface area contributed by atoms with Crippen LogP contribution in [0.4, 0.5) is 0 Å². The van der Waals surface area contributed by atoms with Crippen molar-refractivity contribution in [2.24, 2.45) is 5.73 Å². The Morgan fingerprint density at radius 1 is 1.25 bits per heavy atom. The molecule has 1 aliphatic rings.